The number of fused-ring (bicyclic) bond motifs is 1. The molecule has 4 rings (SSSR count). The number of anilines is 1. The fraction of sp³-hybridized carbons (Fsp3) is 0.400. The lowest BCUT2D eigenvalue weighted by molar-refractivity contribution is -0.0508. The van der Waals surface area contributed by atoms with E-state index < -0.39 is 31.1 Å². The van der Waals surface area contributed by atoms with Crippen molar-refractivity contribution in [3.63, 3.8) is 0 Å². The van der Waals surface area contributed by atoms with Gasteiger partial charge in [-0.3, -0.25) is 4.99 Å². The fourth-order valence-electron chi connectivity index (χ4n) is 3.17. The molecule has 9 heteroatoms. The predicted octanol–water partition coefficient (Wildman–Crippen LogP) is -0.907. The Bertz CT molecular complexity index is 846. The maximum Gasteiger partial charge on any atom is 0.164 e. The van der Waals surface area contributed by atoms with E-state index in [2.05, 4.69) is 15.0 Å². The Balaban J connectivity index is 1.88. The van der Waals surface area contributed by atoms with Crippen LogP contribution in [-0.2, 0) is 4.74 Å². The molecule has 1 saturated heterocycles. The third-order valence-electron chi connectivity index (χ3n) is 4.39. The number of ether oxygens (including phenoxy) is 1. The predicted molar refractivity (Wildman–Crippen MR) is 86.3 cm³/mol. The van der Waals surface area contributed by atoms with Gasteiger partial charge in [0.25, 0.3) is 0 Å². The van der Waals surface area contributed by atoms with Crippen LogP contribution in [0, 0.1) is 0 Å². The summed E-state index contributed by atoms with van der Waals surface area (Å²) in [6.07, 6.45) is 2.63. The number of aromatic nitrogens is 3. The van der Waals surface area contributed by atoms with Gasteiger partial charge in [0.05, 0.1) is 18.5 Å². The second kappa shape index (κ2) is 5.64. The van der Waals surface area contributed by atoms with Gasteiger partial charge in [0.1, 0.15) is 36.1 Å². The Labute approximate surface area is 136 Å². The average molecular weight is 331 g/mol. The van der Waals surface area contributed by atoms with Gasteiger partial charge in [-0.1, -0.05) is 6.08 Å². The van der Waals surface area contributed by atoms with E-state index in [1.165, 1.54) is 6.33 Å². The Morgan fingerprint density at radius 2 is 2.12 bits per heavy atom. The highest BCUT2D eigenvalue weighted by Crippen LogP contribution is 2.36. The van der Waals surface area contributed by atoms with E-state index in [0.717, 1.165) is 11.1 Å². The van der Waals surface area contributed by atoms with Crippen LogP contribution < -0.4 is 5.73 Å². The molecule has 2 aromatic heterocycles. The Kier molecular flexibility index (Phi) is 3.57. The van der Waals surface area contributed by atoms with Crippen molar-refractivity contribution in [1.82, 2.24) is 14.5 Å². The molecule has 2 aliphatic heterocycles. The molecule has 0 radical (unpaired) electrons. The summed E-state index contributed by atoms with van der Waals surface area (Å²) in [5, 5.41) is 30.2. The third kappa shape index (κ3) is 2.13. The molecule has 2 aliphatic rings. The highest BCUT2D eigenvalue weighted by atomic mass is 16.6. The zero-order valence-electron chi connectivity index (χ0n) is 12.6. The first kappa shape index (κ1) is 15.2. The number of rotatable bonds is 3. The van der Waals surface area contributed by atoms with E-state index in [4.69, 9.17) is 10.5 Å². The monoisotopic (exact) mass is 331 g/mol. The van der Waals surface area contributed by atoms with Crippen molar-refractivity contribution >= 4 is 28.6 Å². The molecule has 1 fully saturated rings. The second-order valence-corrected chi connectivity index (χ2v) is 5.79. The summed E-state index contributed by atoms with van der Waals surface area (Å²) in [7, 11) is 0. The van der Waals surface area contributed by atoms with Crippen LogP contribution in [0.1, 0.15) is 11.8 Å². The van der Waals surface area contributed by atoms with Gasteiger partial charge in [-0.05, 0) is 5.57 Å². The van der Waals surface area contributed by atoms with E-state index in [9.17, 15) is 15.3 Å². The molecule has 24 heavy (non-hydrogen) atoms. The number of nitrogens with zero attached hydrogens (tertiary/aromatic N) is 4. The summed E-state index contributed by atoms with van der Waals surface area (Å²) < 4.78 is 7.21. The number of nitrogens with two attached hydrogens (primary N) is 1. The molecule has 9 nitrogen and oxygen atoms in total. The van der Waals surface area contributed by atoms with Crippen LogP contribution in [0.3, 0.4) is 0 Å². The molecule has 0 aliphatic carbocycles. The van der Waals surface area contributed by atoms with Crippen LogP contribution in [-0.4, -0.2) is 67.5 Å². The van der Waals surface area contributed by atoms with Crippen molar-refractivity contribution in [3.05, 3.63) is 24.2 Å². The number of hydrogen-bond donors (Lipinski definition) is 4. The van der Waals surface area contributed by atoms with Crippen molar-refractivity contribution in [1.29, 1.82) is 0 Å². The molecule has 2 aromatic rings. The molecular weight excluding hydrogens is 314 g/mol. The van der Waals surface area contributed by atoms with E-state index in [-0.39, 0.29) is 0 Å². The van der Waals surface area contributed by atoms with Gasteiger partial charge in [0.2, 0.25) is 0 Å². The maximum absolute atomic E-state index is 10.3. The number of aliphatic imine (C=N–C) groups is 1. The van der Waals surface area contributed by atoms with Crippen molar-refractivity contribution in [3.8, 4) is 0 Å². The molecule has 4 heterocycles. The minimum absolute atomic E-state index is 0.307. The highest BCUT2D eigenvalue weighted by molar-refractivity contribution is 6.17. The molecular formula is C15H17N5O4. The zero-order valence-corrected chi connectivity index (χ0v) is 12.6. The Morgan fingerprint density at radius 1 is 1.29 bits per heavy atom. The fourth-order valence-corrected chi connectivity index (χ4v) is 3.17. The number of aliphatic hydroxyl groups excluding tert-OH is 3. The molecule has 0 amide bonds. The van der Waals surface area contributed by atoms with Crippen LogP contribution >= 0.6 is 0 Å². The lowest BCUT2D eigenvalue weighted by atomic mass is 10.1. The van der Waals surface area contributed by atoms with Crippen molar-refractivity contribution in [2.45, 2.75) is 24.5 Å². The van der Waals surface area contributed by atoms with Gasteiger partial charge < -0.3 is 30.4 Å². The molecule has 4 atom stereocenters. The standard InChI is InChI=1S/C15H17N5O4/c16-13-10-8(7-1-2-17-3-7)4-20(14(10)19-6-18-13)15-12(23)11(22)9(5-21)24-15/h1,3-4,6,9,11-12,15,21-23H,2,5H2,(H2,16,18,19)/t9-,11?,12+,15-/m1/s1. The molecule has 1 unspecified atom stereocenters. The van der Waals surface area contributed by atoms with E-state index in [1.807, 2.05) is 6.08 Å². The van der Waals surface area contributed by atoms with Gasteiger partial charge in [-0.15, -0.1) is 0 Å². The van der Waals surface area contributed by atoms with Gasteiger partial charge in [0, 0.05) is 18.0 Å². The Morgan fingerprint density at radius 3 is 2.79 bits per heavy atom. The molecule has 0 aromatic carbocycles. The van der Waals surface area contributed by atoms with Crippen LogP contribution in [0.15, 0.2) is 23.6 Å². The maximum atomic E-state index is 10.3. The van der Waals surface area contributed by atoms with Gasteiger partial charge >= 0.3 is 0 Å². The third-order valence-corrected chi connectivity index (χ3v) is 4.39. The van der Waals surface area contributed by atoms with Gasteiger partial charge in [0.15, 0.2) is 6.23 Å². The number of aliphatic hydroxyl groups is 3. The van der Waals surface area contributed by atoms with E-state index >= 15 is 0 Å². The summed E-state index contributed by atoms with van der Waals surface area (Å²) in [6.45, 7) is 0.194. The largest absolute Gasteiger partial charge is 0.394 e. The normalized spacial score (nSPS) is 29.5. The minimum atomic E-state index is -1.20. The molecule has 0 saturated carbocycles. The number of nitrogen functional groups attached to an aromatic ring is 1. The van der Waals surface area contributed by atoms with Crippen LogP contribution in [0.4, 0.5) is 5.82 Å². The van der Waals surface area contributed by atoms with Gasteiger partial charge in [-0.2, -0.15) is 0 Å². The smallest absolute Gasteiger partial charge is 0.164 e. The Hall–Kier alpha value is -2.33. The minimum Gasteiger partial charge on any atom is -0.394 e. The highest BCUT2D eigenvalue weighted by Gasteiger charge is 2.44. The van der Waals surface area contributed by atoms with Crippen LogP contribution in [0.2, 0.25) is 0 Å². The lowest BCUT2D eigenvalue weighted by Crippen LogP contribution is -2.33. The first-order valence-corrected chi connectivity index (χ1v) is 7.55. The molecule has 0 bridgehead atoms. The SMILES string of the molecule is Nc1ncnc2c1c(C1=CCN=C1)cn2[C@@H]1O[C@H](CO)C(O)[C@@H]1O. The average Bonchev–Trinajstić information content (AvgIpc) is 3.28. The summed E-state index contributed by atoms with van der Waals surface area (Å²) in [4.78, 5) is 12.5. The van der Waals surface area contributed by atoms with Crippen molar-refractivity contribution in [2.75, 3.05) is 18.9 Å². The molecule has 5 N–H and O–H groups in total. The van der Waals surface area contributed by atoms with Crippen molar-refractivity contribution in [2.24, 2.45) is 4.99 Å². The second-order valence-electron chi connectivity index (χ2n) is 5.79. The number of allylic oxidation sites excluding steroid dienone is 1. The number of hydrogen-bond acceptors (Lipinski definition) is 8. The molecule has 126 valence electrons. The topological polar surface area (TPSA) is 139 Å². The first-order chi connectivity index (χ1) is 11.6. The van der Waals surface area contributed by atoms with Gasteiger partial charge in [-0.25, -0.2) is 9.97 Å². The summed E-state index contributed by atoms with van der Waals surface area (Å²) in [5.41, 5.74) is 8.16. The zero-order chi connectivity index (χ0) is 16.8. The molecule has 0 spiro atoms. The van der Waals surface area contributed by atoms with Crippen molar-refractivity contribution < 1.29 is 20.1 Å². The lowest BCUT2D eigenvalue weighted by Gasteiger charge is -2.17. The van der Waals surface area contributed by atoms with E-state index in [0.29, 0.717) is 23.4 Å². The van der Waals surface area contributed by atoms with Crippen LogP contribution in [0.5, 0.6) is 0 Å². The summed E-state index contributed by atoms with van der Waals surface area (Å²) >= 11 is 0. The first-order valence-electron chi connectivity index (χ1n) is 7.55. The quantitative estimate of drug-likeness (QED) is 0.571. The van der Waals surface area contributed by atoms with E-state index in [1.54, 1.807) is 17.0 Å². The summed E-state index contributed by atoms with van der Waals surface area (Å²) in [6, 6.07) is 0. The van der Waals surface area contributed by atoms with Crippen LogP contribution in [0.25, 0.3) is 16.6 Å². The summed E-state index contributed by atoms with van der Waals surface area (Å²) in [5.74, 6) is 0.307.